The molecule has 0 bridgehead atoms. The molecule has 15 heavy (non-hydrogen) atoms. The predicted molar refractivity (Wildman–Crippen MR) is 52.5 cm³/mol. The van der Waals surface area contributed by atoms with E-state index in [0.717, 1.165) is 0 Å². The van der Waals surface area contributed by atoms with Crippen molar-refractivity contribution in [2.75, 3.05) is 13.2 Å². The first-order chi connectivity index (χ1) is 6.61. The summed E-state index contributed by atoms with van der Waals surface area (Å²) in [6.45, 7) is 1.52. The average molecular weight is 232 g/mol. The molecule has 5 atom stereocenters. The van der Waals surface area contributed by atoms with Crippen LogP contribution >= 0.6 is 0 Å². The zero-order valence-electron chi connectivity index (χ0n) is 7.91. The van der Waals surface area contributed by atoms with Gasteiger partial charge in [0.25, 0.3) is 0 Å². The third-order valence-electron chi connectivity index (χ3n) is 2.15. The van der Waals surface area contributed by atoms with Gasteiger partial charge in [-0.2, -0.15) is 0 Å². The number of rotatable bonds is 4. The van der Waals surface area contributed by atoms with Crippen LogP contribution in [0, 0.1) is 0 Å². The van der Waals surface area contributed by atoms with Crippen molar-refractivity contribution < 1.29 is 29.9 Å². The molecule has 1 aliphatic rings. The number of hydrogen-bond donors (Lipinski definition) is 4. The summed E-state index contributed by atoms with van der Waals surface area (Å²) in [6, 6.07) is 0. The van der Waals surface area contributed by atoms with Gasteiger partial charge in [0, 0.05) is 6.61 Å². The molecule has 0 aromatic rings. The average Bonchev–Trinajstić information content (AvgIpc) is 2.46. The maximum absolute atomic E-state index is 9.43. The number of aliphatic hydroxyl groups is 4. The second-order valence-corrected chi connectivity index (χ2v) is 3.16. The van der Waals surface area contributed by atoms with E-state index < -0.39 is 37.3 Å². The number of ether oxygens (including phenoxy) is 2. The van der Waals surface area contributed by atoms with E-state index in [1.165, 1.54) is 0 Å². The van der Waals surface area contributed by atoms with Crippen molar-refractivity contribution in [2.24, 2.45) is 0 Å². The predicted octanol–water partition coefficient (Wildman–Crippen LogP) is -2.83. The van der Waals surface area contributed by atoms with Gasteiger partial charge in [-0.05, 0) is 6.92 Å². The first-order valence-corrected chi connectivity index (χ1v) is 4.54. The summed E-state index contributed by atoms with van der Waals surface area (Å²) in [5.74, 6) is 0. The van der Waals surface area contributed by atoms with Gasteiger partial charge in [0.05, 0.1) is 6.61 Å². The van der Waals surface area contributed by atoms with E-state index in [2.05, 4.69) is 0 Å². The van der Waals surface area contributed by atoms with E-state index in [4.69, 9.17) is 14.6 Å². The summed E-state index contributed by atoms with van der Waals surface area (Å²) < 4.78 is 10.0. The fourth-order valence-electron chi connectivity index (χ4n) is 1.40. The van der Waals surface area contributed by atoms with Gasteiger partial charge in [0.15, 0.2) is 6.29 Å². The van der Waals surface area contributed by atoms with E-state index in [0.29, 0.717) is 6.61 Å². The molecule has 0 aromatic carbocycles. The molecule has 0 spiro atoms. The molecule has 4 N–H and O–H groups in total. The fraction of sp³-hybridized carbons (Fsp3) is 1.00. The Hall–Kier alpha value is 0.760. The Morgan fingerprint density at radius 1 is 1.33 bits per heavy atom. The van der Waals surface area contributed by atoms with Crippen LogP contribution in [0.2, 0.25) is 0 Å². The molecule has 1 saturated heterocycles. The van der Waals surface area contributed by atoms with Gasteiger partial charge < -0.3 is 29.9 Å². The third-order valence-corrected chi connectivity index (χ3v) is 2.15. The van der Waals surface area contributed by atoms with Crippen molar-refractivity contribution in [1.29, 1.82) is 0 Å². The van der Waals surface area contributed by atoms with Crippen molar-refractivity contribution in [3.63, 3.8) is 0 Å². The first-order valence-electron chi connectivity index (χ1n) is 4.54. The minimum atomic E-state index is -1.24. The fourth-order valence-corrected chi connectivity index (χ4v) is 1.40. The zero-order chi connectivity index (χ0) is 10.7. The molecule has 1 aliphatic heterocycles. The van der Waals surface area contributed by atoms with Crippen molar-refractivity contribution in [2.45, 2.75) is 37.6 Å². The van der Waals surface area contributed by atoms with Crippen LogP contribution in [-0.4, -0.2) is 93.9 Å². The van der Waals surface area contributed by atoms with E-state index in [-0.39, 0.29) is 29.6 Å². The number of hydrogen-bond acceptors (Lipinski definition) is 6. The molecule has 1 heterocycles. The van der Waals surface area contributed by atoms with Crippen molar-refractivity contribution in [1.82, 2.24) is 0 Å². The molecule has 7 heteroatoms. The van der Waals surface area contributed by atoms with Gasteiger partial charge in [-0.15, -0.1) is 0 Å². The summed E-state index contributed by atoms with van der Waals surface area (Å²) in [5, 5.41) is 36.7. The Morgan fingerprint density at radius 2 is 1.93 bits per heavy atom. The monoisotopic (exact) mass is 232 g/mol. The Morgan fingerprint density at radius 3 is 2.40 bits per heavy atom. The zero-order valence-corrected chi connectivity index (χ0v) is 7.91. The van der Waals surface area contributed by atoms with Crippen LogP contribution in [0.25, 0.3) is 0 Å². The SMILES string of the molecule is CCO[C@@H]1O[C@@H]([C@H](O)CO)[C@H](O)[C@H]1O.[NaH]. The molecule has 86 valence electrons. The first kappa shape index (κ1) is 15.8. The van der Waals surface area contributed by atoms with Crippen LogP contribution in [0.4, 0.5) is 0 Å². The summed E-state index contributed by atoms with van der Waals surface area (Å²) in [4.78, 5) is 0. The second-order valence-electron chi connectivity index (χ2n) is 3.16. The molecule has 0 aromatic heterocycles. The molecule has 1 fully saturated rings. The Balaban J connectivity index is 0.00000196. The molecule has 0 unspecified atom stereocenters. The molecule has 6 nitrogen and oxygen atoms in total. The van der Waals surface area contributed by atoms with Crippen molar-refractivity contribution in [3.05, 3.63) is 0 Å². The van der Waals surface area contributed by atoms with Gasteiger partial charge in [-0.25, -0.2) is 0 Å². The Labute approximate surface area is 110 Å². The van der Waals surface area contributed by atoms with Gasteiger partial charge in [-0.3, -0.25) is 0 Å². The molecule has 0 amide bonds. The van der Waals surface area contributed by atoms with Crippen LogP contribution < -0.4 is 0 Å². The summed E-state index contributed by atoms with van der Waals surface area (Å²) >= 11 is 0. The summed E-state index contributed by atoms with van der Waals surface area (Å²) in [6.07, 6.45) is -5.60. The summed E-state index contributed by atoms with van der Waals surface area (Å²) in [7, 11) is 0. The maximum atomic E-state index is 9.43. The van der Waals surface area contributed by atoms with Crippen LogP contribution in [0.15, 0.2) is 0 Å². The van der Waals surface area contributed by atoms with E-state index in [1.807, 2.05) is 0 Å². The Bertz CT molecular complexity index is 179. The van der Waals surface area contributed by atoms with E-state index in [1.54, 1.807) is 6.92 Å². The Kier molecular flexibility index (Phi) is 7.52. The van der Waals surface area contributed by atoms with Crippen LogP contribution in [0.1, 0.15) is 6.92 Å². The molecule has 1 rings (SSSR count). The van der Waals surface area contributed by atoms with E-state index in [9.17, 15) is 15.3 Å². The summed E-state index contributed by atoms with van der Waals surface area (Å²) in [5.41, 5.74) is 0. The van der Waals surface area contributed by atoms with Crippen LogP contribution in [0.3, 0.4) is 0 Å². The molecular weight excluding hydrogens is 215 g/mol. The van der Waals surface area contributed by atoms with Gasteiger partial charge in [0.2, 0.25) is 0 Å². The van der Waals surface area contributed by atoms with Crippen molar-refractivity contribution >= 4 is 29.6 Å². The van der Waals surface area contributed by atoms with Crippen LogP contribution in [-0.2, 0) is 9.47 Å². The third kappa shape index (κ3) is 3.62. The van der Waals surface area contributed by atoms with Gasteiger partial charge in [0.1, 0.15) is 24.4 Å². The van der Waals surface area contributed by atoms with Gasteiger partial charge >= 0.3 is 29.6 Å². The van der Waals surface area contributed by atoms with Gasteiger partial charge in [-0.1, -0.05) is 0 Å². The van der Waals surface area contributed by atoms with E-state index >= 15 is 0 Å². The molecule has 0 aliphatic carbocycles. The number of aliphatic hydroxyl groups excluding tert-OH is 4. The second kappa shape index (κ2) is 7.16. The minimum absolute atomic E-state index is 0. The van der Waals surface area contributed by atoms with Crippen LogP contribution in [0.5, 0.6) is 0 Å². The normalized spacial score (nSPS) is 37.4. The standard InChI is InChI=1S/C8H16O6.Na.H/c1-2-13-8-6(12)5(11)7(14-8)4(10)3-9;;/h4-12H,2-3H2,1H3;;/t4-,5-,6-,7+,8-;;/m1../s1. The van der Waals surface area contributed by atoms with Crippen molar-refractivity contribution in [3.8, 4) is 0 Å². The molecular formula is C8H17NaO6. The topological polar surface area (TPSA) is 99.4 Å². The molecule has 0 saturated carbocycles. The quantitative estimate of drug-likeness (QED) is 0.390. The molecule has 0 radical (unpaired) electrons.